The van der Waals surface area contributed by atoms with Crippen LogP contribution in [0.5, 0.6) is 0 Å². The number of hydrogen-bond donors (Lipinski definition) is 3. The van der Waals surface area contributed by atoms with Gasteiger partial charge in [-0.3, -0.25) is 0 Å². The summed E-state index contributed by atoms with van der Waals surface area (Å²) < 4.78 is 0. The minimum atomic E-state index is 0.0312. The fourth-order valence-corrected chi connectivity index (χ4v) is 1.38. The van der Waals surface area contributed by atoms with Crippen LogP contribution >= 0.6 is 12.6 Å². The van der Waals surface area contributed by atoms with E-state index in [1.165, 1.54) is 0 Å². The van der Waals surface area contributed by atoms with E-state index in [4.69, 9.17) is 0 Å². The molecule has 0 spiro atoms. The Labute approximate surface area is 64.2 Å². The highest BCUT2D eigenvalue weighted by Crippen LogP contribution is 2.13. The molecule has 0 aromatic carbocycles. The summed E-state index contributed by atoms with van der Waals surface area (Å²) in [5.41, 5.74) is 0. The minimum Gasteiger partial charge on any atom is -0.367 e. The summed E-state index contributed by atoms with van der Waals surface area (Å²) in [5.74, 6) is 0. The fourth-order valence-electron chi connectivity index (χ4n) is 1.07. The van der Waals surface area contributed by atoms with Crippen LogP contribution < -0.4 is 10.6 Å². The second-order valence-electron chi connectivity index (χ2n) is 2.27. The largest absolute Gasteiger partial charge is 0.367 e. The predicted octanol–water partition coefficient (Wildman–Crippen LogP) is -0.800. The maximum Gasteiger partial charge on any atom is 0.165 e. The van der Waals surface area contributed by atoms with Gasteiger partial charge < -0.3 is 10.6 Å². The lowest BCUT2D eigenvalue weighted by molar-refractivity contribution is 0.488. The van der Waals surface area contributed by atoms with Gasteiger partial charge in [0.25, 0.3) is 0 Å². The maximum atomic E-state index is 4.29. The molecule has 2 aliphatic rings. The molecular formula is C5H8N4S. The molecule has 3 atom stereocenters. The monoisotopic (exact) mass is 156 g/mol. The van der Waals surface area contributed by atoms with Crippen molar-refractivity contribution in [1.82, 2.24) is 10.6 Å². The number of nitrogens with one attached hydrogen (secondary N) is 2. The SMILES string of the molecule is SC1NC=NC2N=CNC21. The van der Waals surface area contributed by atoms with Crippen LogP contribution in [0, 0.1) is 0 Å². The molecule has 2 rings (SSSR count). The molecule has 2 aliphatic heterocycles. The van der Waals surface area contributed by atoms with E-state index in [-0.39, 0.29) is 17.6 Å². The van der Waals surface area contributed by atoms with Gasteiger partial charge in [0.2, 0.25) is 0 Å². The van der Waals surface area contributed by atoms with Crippen LogP contribution in [-0.2, 0) is 0 Å². The standard InChI is InChI=1S/C5H8N4S/c10-5-3-4(7-1-6-3)8-2-9-5/h1-5,10H,(H,6,7)(H,8,9). The van der Waals surface area contributed by atoms with Gasteiger partial charge in [-0.2, -0.15) is 12.6 Å². The normalized spacial score (nSPS) is 42.3. The Kier molecular flexibility index (Phi) is 1.30. The molecule has 0 aliphatic carbocycles. The van der Waals surface area contributed by atoms with Crippen molar-refractivity contribution in [3.05, 3.63) is 0 Å². The highest BCUT2D eigenvalue weighted by molar-refractivity contribution is 7.81. The minimum absolute atomic E-state index is 0.0312. The average Bonchev–Trinajstić information content (AvgIpc) is 2.36. The van der Waals surface area contributed by atoms with Crippen molar-refractivity contribution in [2.75, 3.05) is 0 Å². The molecule has 2 N–H and O–H groups in total. The van der Waals surface area contributed by atoms with Crippen molar-refractivity contribution in [1.29, 1.82) is 0 Å². The summed E-state index contributed by atoms with van der Waals surface area (Å²) in [6.07, 6.45) is 3.37. The van der Waals surface area contributed by atoms with Crippen molar-refractivity contribution < 1.29 is 0 Å². The number of hydrogen-bond acceptors (Lipinski definition) is 5. The number of fused-ring (bicyclic) bond motifs is 1. The number of rotatable bonds is 0. The van der Waals surface area contributed by atoms with Crippen molar-refractivity contribution in [2.45, 2.75) is 17.6 Å². The summed E-state index contributed by atoms with van der Waals surface area (Å²) in [5, 5.41) is 6.16. The van der Waals surface area contributed by atoms with E-state index in [9.17, 15) is 0 Å². The molecule has 0 amide bonds. The van der Waals surface area contributed by atoms with E-state index in [1.54, 1.807) is 12.7 Å². The first kappa shape index (κ1) is 6.03. The van der Waals surface area contributed by atoms with Crippen LogP contribution in [0.4, 0.5) is 0 Å². The second-order valence-corrected chi connectivity index (χ2v) is 2.83. The Balaban J connectivity index is 2.19. The highest BCUT2D eigenvalue weighted by atomic mass is 32.1. The molecule has 10 heavy (non-hydrogen) atoms. The smallest absolute Gasteiger partial charge is 0.165 e. The van der Waals surface area contributed by atoms with Crippen LogP contribution in [-0.4, -0.2) is 30.3 Å². The van der Waals surface area contributed by atoms with Crippen LogP contribution in [0.25, 0.3) is 0 Å². The van der Waals surface area contributed by atoms with Crippen LogP contribution in [0.2, 0.25) is 0 Å². The van der Waals surface area contributed by atoms with Crippen molar-refractivity contribution in [2.24, 2.45) is 9.98 Å². The number of aliphatic imine (C=N–C) groups is 2. The molecule has 3 unspecified atom stereocenters. The second kappa shape index (κ2) is 2.16. The molecule has 0 radical (unpaired) electrons. The summed E-state index contributed by atoms with van der Waals surface area (Å²) >= 11 is 4.29. The first-order chi connectivity index (χ1) is 4.88. The Bertz CT molecular complexity index is 190. The van der Waals surface area contributed by atoms with Crippen LogP contribution in [0.15, 0.2) is 9.98 Å². The third-order valence-corrected chi connectivity index (χ3v) is 2.10. The Morgan fingerprint density at radius 2 is 1.90 bits per heavy atom. The number of thiol groups is 1. The predicted molar refractivity (Wildman–Crippen MR) is 43.6 cm³/mol. The summed E-state index contributed by atoms with van der Waals surface area (Å²) in [7, 11) is 0. The van der Waals surface area contributed by atoms with Crippen molar-refractivity contribution >= 4 is 25.3 Å². The van der Waals surface area contributed by atoms with Gasteiger partial charge >= 0.3 is 0 Å². The van der Waals surface area contributed by atoms with Gasteiger partial charge in [0.05, 0.1) is 24.1 Å². The molecule has 0 saturated heterocycles. The van der Waals surface area contributed by atoms with Crippen molar-refractivity contribution in [3.8, 4) is 0 Å². The Morgan fingerprint density at radius 3 is 2.60 bits per heavy atom. The molecule has 0 bridgehead atoms. The Hall–Kier alpha value is -0.710. The third kappa shape index (κ3) is 0.775. The topological polar surface area (TPSA) is 48.8 Å². The summed E-state index contributed by atoms with van der Waals surface area (Å²) in [4.78, 5) is 8.18. The summed E-state index contributed by atoms with van der Waals surface area (Å²) in [6.45, 7) is 0. The van der Waals surface area contributed by atoms with Crippen molar-refractivity contribution in [3.63, 3.8) is 0 Å². The van der Waals surface area contributed by atoms with Crippen LogP contribution in [0.3, 0.4) is 0 Å². The van der Waals surface area contributed by atoms with E-state index in [1.807, 2.05) is 0 Å². The molecule has 5 heteroatoms. The zero-order valence-corrected chi connectivity index (χ0v) is 6.12. The zero-order valence-electron chi connectivity index (χ0n) is 5.23. The number of nitrogens with zero attached hydrogens (tertiary/aromatic N) is 2. The van der Waals surface area contributed by atoms with E-state index in [2.05, 4.69) is 33.2 Å². The van der Waals surface area contributed by atoms with E-state index in [0.29, 0.717) is 0 Å². The van der Waals surface area contributed by atoms with Gasteiger partial charge in [-0.25, -0.2) is 9.98 Å². The highest BCUT2D eigenvalue weighted by Gasteiger charge is 2.30. The van der Waals surface area contributed by atoms with Gasteiger partial charge in [0.15, 0.2) is 6.17 Å². The van der Waals surface area contributed by atoms with Crippen LogP contribution in [0.1, 0.15) is 0 Å². The van der Waals surface area contributed by atoms with Gasteiger partial charge in [-0.05, 0) is 0 Å². The molecular weight excluding hydrogens is 148 g/mol. The van der Waals surface area contributed by atoms with Gasteiger partial charge in [-0.1, -0.05) is 0 Å². The lowest BCUT2D eigenvalue weighted by Crippen LogP contribution is -2.49. The summed E-state index contributed by atoms with van der Waals surface area (Å²) in [6, 6.07) is 0.216. The molecule has 0 aromatic heterocycles. The zero-order chi connectivity index (χ0) is 6.97. The molecule has 4 nitrogen and oxygen atoms in total. The van der Waals surface area contributed by atoms with Gasteiger partial charge in [-0.15, -0.1) is 0 Å². The lowest BCUT2D eigenvalue weighted by atomic mass is 10.2. The molecule has 0 saturated carbocycles. The van der Waals surface area contributed by atoms with Gasteiger partial charge in [0, 0.05) is 0 Å². The lowest BCUT2D eigenvalue weighted by Gasteiger charge is -2.25. The van der Waals surface area contributed by atoms with E-state index in [0.717, 1.165) is 0 Å². The quantitative estimate of drug-likeness (QED) is 0.402. The first-order valence-electron chi connectivity index (χ1n) is 3.11. The maximum absolute atomic E-state index is 4.29. The van der Waals surface area contributed by atoms with E-state index < -0.39 is 0 Å². The van der Waals surface area contributed by atoms with Gasteiger partial charge in [0.1, 0.15) is 0 Å². The fraction of sp³-hybridized carbons (Fsp3) is 0.600. The molecule has 54 valence electrons. The van der Waals surface area contributed by atoms with E-state index >= 15 is 0 Å². The molecule has 0 aromatic rings. The average molecular weight is 156 g/mol. The molecule has 2 heterocycles. The Morgan fingerprint density at radius 1 is 1.20 bits per heavy atom. The third-order valence-electron chi connectivity index (χ3n) is 1.63. The molecule has 0 fully saturated rings. The first-order valence-corrected chi connectivity index (χ1v) is 3.63.